The Kier molecular flexibility index (Phi) is 17.4. The van der Waals surface area contributed by atoms with Gasteiger partial charge < -0.3 is 15.5 Å². The molecule has 2 atom stereocenters. The second-order valence-corrected chi connectivity index (χ2v) is 7.87. The molecule has 0 radical (unpaired) electrons. The molecule has 4 heteroatoms. The van der Waals surface area contributed by atoms with Gasteiger partial charge in [-0.1, -0.05) is 103 Å². The highest BCUT2D eigenvalue weighted by Crippen LogP contribution is 2.12. The summed E-state index contributed by atoms with van der Waals surface area (Å²) in [5, 5.41) is 22.4. The Labute approximate surface area is 177 Å². The van der Waals surface area contributed by atoms with Crippen LogP contribution in [0.25, 0.3) is 0 Å². The molecule has 0 aromatic carbocycles. The van der Waals surface area contributed by atoms with Gasteiger partial charge in [-0.3, -0.25) is 4.79 Å². The third kappa shape index (κ3) is 17.2. The van der Waals surface area contributed by atoms with Crippen LogP contribution in [0.4, 0.5) is 0 Å². The fraction of sp³-hybridized carbons (Fsp3) is 0.875. The van der Waals surface area contributed by atoms with E-state index in [2.05, 4.69) is 12.2 Å². The fourth-order valence-corrected chi connectivity index (χ4v) is 3.25. The summed E-state index contributed by atoms with van der Waals surface area (Å²) < 4.78 is 15.0. The number of aliphatic hydroxyl groups is 2. The number of carbonyl (C=O) groups is 1. The van der Waals surface area contributed by atoms with Crippen LogP contribution in [0.15, 0.2) is 12.2 Å². The first kappa shape index (κ1) is 23.4. The maximum Gasteiger partial charge on any atom is 0.220 e. The molecule has 1 amide bonds. The predicted octanol–water partition coefficient (Wildman–Crippen LogP) is 5.66. The van der Waals surface area contributed by atoms with Crippen LogP contribution in [-0.4, -0.2) is 34.8 Å². The van der Waals surface area contributed by atoms with Gasteiger partial charge in [-0.2, -0.15) is 0 Å². The normalized spacial score (nSPS) is 15.3. The van der Waals surface area contributed by atoms with Gasteiger partial charge in [-0.25, -0.2) is 0 Å². The Bertz CT molecular complexity index is 439. The zero-order chi connectivity index (χ0) is 22.7. The van der Waals surface area contributed by atoms with Crippen molar-refractivity contribution >= 4 is 5.91 Å². The zero-order valence-corrected chi connectivity index (χ0v) is 18.4. The molecule has 0 fully saturated rings. The Hall–Kier alpha value is -0.870. The Morgan fingerprint density at radius 2 is 1.39 bits per heavy atom. The van der Waals surface area contributed by atoms with Gasteiger partial charge in [0, 0.05) is 6.42 Å². The van der Waals surface area contributed by atoms with Gasteiger partial charge in [0.2, 0.25) is 5.91 Å². The minimum Gasteiger partial charge on any atom is -0.394 e. The Balaban J connectivity index is 3.98. The molecule has 0 heterocycles. The average Bonchev–Trinajstić information content (AvgIpc) is 2.69. The van der Waals surface area contributed by atoms with E-state index in [1.807, 2.05) is 13.0 Å². The minimum absolute atomic E-state index is 0.273. The van der Waals surface area contributed by atoms with Gasteiger partial charge in [0.05, 0.1) is 21.4 Å². The number of allylic oxidation sites excluding steroid dienone is 1. The second kappa shape index (κ2) is 20.9. The maximum absolute atomic E-state index is 11.9. The number of hydrogen-bond donors (Lipinski definition) is 3. The van der Waals surface area contributed by atoms with Crippen LogP contribution in [0.1, 0.15) is 119 Å². The van der Waals surface area contributed by atoms with Crippen LogP contribution in [0.2, 0.25) is 0 Å². The lowest BCUT2D eigenvalue weighted by molar-refractivity contribution is -0.123. The van der Waals surface area contributed by atoms with E-state index < -0.39 is 18.7 Å². The van der Waals surface area contributed by atoms with E-state index in [-0.39, 0.29) is 12.3 Å². The number of carbonyl (C=O) groups excluding carboxylic acids is 1. The molecule has 0 saturated heterocycles. The number of hydrogen-bond acceptors (Lipinski definition) is 3. The van der Waals surface area contributed by atoms with Gasteiger partial charge in [0.1, 0.15) is 0 Å². The third-order valence-electron chi connectivity index (χ3n) is 5.11. The average molecular weight is 402 g/mol. The number of aliphatic hydroxyl groups excluding tert-OH is 1. The molecule has 0 aromatic heterocycles. The third-order valence-corrected chi connectivity index (χ3v) is 5.11. The number of rotatable bonds is 20. The molecule has 0 aliphatic rings. The van der Waals surface area contributed by atoms with Crippen molar-refractivity contribution in [2.45, 2.75) is 129 Å². The van der Waals surface area contributed by atoms with Crippen LogP contribution in [0.5, 0.6) is 0 Å². The lowest BCUT2D eigenvalue weighted by atomic mass is 10.1. The standard InChI is InChI=1S/C24H47NO3/c1-3-5-7-8-9-10-11-12-13-14-15-16-18-19-23(27)22(21-26)25-24(28)20-17-6-4-2/h18-19,22-23,26-27H,3-17,20-21H2,1-2H3,(H,25,28)/b19-18+/t22-,23-/m1/s1/i21+1D2,22+1. The van der Waals surface area contributed by atoms with Crippen LogP contribution < -0.4 is 5.32 Å². The molecule has 28 heavy (non-hydrogen) atoms. The van der Waals surface area contributed by atoms with Crippen molar-refractivity contribution in [2.75, 3.05) is 6.56 Å². The van der Waals surface area contributed by atoms with E-state index in [0.717, 1.165) is 32.1 Å². The molecule has 0 saturated carbocycles. The summed E-state index contributed by atoms with van der Waals surface area (Å²) in [5.41, 5.74) is 0. The molecular formula is C24H47NO3. The van der Waals surface area contributed by atoms with Crippen molar-refractivity contribution in [1.82, 2.24) is 5.32 Å². The van der Waals surface area contributed by atoms with E-state index in [9.17, 15) is 15.0 Å². The second-order valence-electron chi connectivity index (χ2n) is 7.87. The number of unbranched alkanes of at least 4 members (excludes halogenated alkanes) is 13. The summed E-state index contributed by atoms with van der Waals surface area (Å²) in [6.07, 6.45) is 19.8. The van der Waals surface area contributed by atoms with Gasteiger partial charge in [-0.15, -0.1) is 0 Å². The number of amides is 1. The SMILES string of the molecule is [2H][13C]([2H])(O)[13C@@H](NC(=O)CCCCC)[C@H](O)/C=C/CCCCCCCCCCCCC. The lowest BCUT2D eigenvalue weighted by Crippen LogP contribution is -2.45. The lowest BCUT2D eigenvalue weighted by Gasteiger charge is -2.19. The molecule has 4 nitrogen and oxygen atoms in total. The van der Waals surface area contributed by atoms with Crippen LogP contribution >= 0.6 is 0 Å². The molecular weight excluding hydrogens is 352 g/mol. The fourth-order valence-electron chi connectivity index (χ4n) is 3.25. The smallest absolute Gasteiger partial charge is 0.220 e. The van der Waals surface area contributed by atoms with Crippen molar-refractivity contribution in [3.8, 4) is 0 Å². The van der Waals surface area contributed by atoms with E-state index in [4.69, 9.17) is 2.74 Å². The first-order valence-corrected chi connectivity index (χ1v) is 11.7. The first-order chi connectivity index (χ1) is 14.3. The largest absolute Gasteiger partial charge is 0.394 e. The van der Waals surface area contributed by atoms with Crippen LogP contribution in [0, 0.1) is 0 Å². The van der Waals surface area contributed by atoms with Gasteiger partial charge >= 0.3 is 0 Å². The highest BCUT2D eigenvalue weighted by atomic mass is 16.4. The van der Waals surface area contributed by atoms with E-state index in [1.165, 1.54) is 63.9 Å². The zero-order valence-electron chi connectivity index (χ0n) is 20.4. The quantitative estimate of drug-likeness (QED) is 0.140. The van der Waals surface area contributed by atoms with Crippen LogP contribution in [0.3, 0.4) is 0 Å². The Morgan fingerprint density at radius 1 is 0.893 bits per heavy atom. The predicted molar refractivity (Wildman–Crippen MR) is 119 cm³/mol. The van der Waals surface area contributed by atoms with Gasteiger partial charge in [-0.05, 0) is 19.3 Å². The highest BCUT2D eigenvalue weighted by Gasteiger charge is 2.17. The van der Waals surface area contributed by atoms with Crippen molar-refractivity contribution in [2.24, 2.45) is 0 Å². The van der Waals surface area contributed by atoms with E-state index >= 15 is 0 Å². The molecule has 166 valence electrons. The van der Waals surface area contributed by atoms with E-state index in [0.29, 0.717) is 6.42 Å². The summed E-state index contributed by atoms with van der Waals surface area (Å²) in [5.74, 6) is -0.343. The topological polar surface area (TPSA) is 69.6 Å². The summed E-state index contributed by atoms with van der Waals surface area (Å²) >= 11 is 0. The summed E-state index contributed by atoms with van der Waals surface area (Å²) in [6, 6.07) is -1.36. The van der Waals surface area contributed by atoms with Crippen LogP contribution in [-0.2, 0) is 4.79 Å². The van der Waals surface area contributed by atoms with Gasteiger partial charge in [0.15, 0.2) is 0 Å². The number of nitrogens with one attached hydrogen (secondary N) is 1. The molecule has 0 aromatic rings. The highest BCUT2D eigenvalue weighted by molar-refractivity contribution is 5.76. The summed E-state index contributed by atoms with van der Waals surface area (Å²) in [4.78, 5) is 11.9. The van der Waals surface area contributed by atoms with Crippen molar-refractivity contribution in [3.05, 3.63) is 12.2 Å². The minimum atomic E-state index is -2.68. The maximum atomic E-state index is 11.9. The summed E-state index contributed by atoms with van der Waals surface area (Å²) in [7, 11) is 0. The van der Waals surface area contributed by atoms with Crippen molar-refractivity contribution < 1.29 is 17.7 Å². The first-order valence-electron chi connectivity index (χ1n) is 12.7. The molecule has 0 unspecified atom stereocenters. The van der Waals surface area contributed by atoms with Crippen molar-refractivity contribution in [3.63, 3.8) is 0 Å². The van der Waals surface area contributed by atoms with Gasteiger partial charge in [0.25, 0.3) is 0 Å². The molecule has 3 N–H and O–H groups in total. The van der Waals surface area contributed by atoms with E-state index in [1.54, 1.807) is 0 Å². The van der Waals surface area contributed by atoms with Crippen molar-refractivity contribution in [1.29, 1.82) is 0 Å². The molecule has 0 aliphatic heterocycles. The molecule has 0 rings (SSSR count). The molecule has 0 aliphatic carbocycles. The monoisotopic (exact) mass is 401 g/mol. The summed E-state index contributed by atoms with van der Waals surface area (Å²) in [6.45, 7) is 1.60. The molecule has 0 spiro atoms. The molecule has 0 bridgehead atoms. The Morgan fingerprint density at radius 3 is 1.93 bits per heavy atom.